The van der Waals surface area contributed by atoms with Crippen LogP contribution in [0.2, 0.25) is 0 Å². The van der Waals surface area contributed by atoms with Gasteiger partial charge in [0.25, 0.3) is 0 Å². The summed E-state index contributed by atoms with van der Waals surface area (Å²) in [6.45, 7) is 9.30. The third-order valence-corrected chi connectivity index (χ3v) is 2.38. The first-order chi connectivity index (χ1) is 7.63. The van der Waals surface area contributed by atoms with E-state index in [1.54, 1.807) is 0 Å². The second kappa shape index (κ2) is 9.64. The van der Waals surface area contributed by atoms with Crippen LogP contribution in [0.15, 0.2) is 0 Å². The van der Waals surface area contributed by atoms with Crippen LogP contribution < -0.4 is 0 Å². The highest BCUT2D eigenvalue weighted by molar-refractivity contribution is 5.74. The van der Waals surface area contributed by atoms with Crippen LogP contribution in [0.4, 0.5) is 0 Å². The first kappa shape index (κ1) is 15.4. The molecule has 0 rings (SSSR count). The minimum atomic E-state index is -0.400. The molecule has 0 heterocycles. The summed E-state index contributed by atoms with van der Waals surface area (Å²) in [5, 5.41) is 0. The van der Waals surface area contributed by atoms with Gasteiger partial charge >= 0.3 is 5.97 Å². The Labute approximate surface area is 99.5 Å². The van der Waals surface area contributed by atoms with E-state index in [4.69, 9.17) is 9.47 Å². The second-order valence-electron chi connectivity index (χ2n) is 4.41. The molecular formula is C13H26O3. The summed E-state index contributed by atoms with van der Waals surface area (Å²) < 4.78 is 10.7. The summed E-state index contributed by atoms with van der Waals surface area (Å²) in [6, 6.07) is 0. The van der Waals surface area contributed by atoms with Gasteiger partial charge in [-0.15, -0.1) is 0 Å². The van der Waals surface area contributed by atoms with Gasteiger partial charge in [0.15, 0.2) is 6.10 Å². The number of hydrogen-bond donors (Lipinski definition) is 0. The van der Waals surface area contributed by atoms with Crippen molar-refractivity contribution in [1.82, 2.24) is 0 Å². The molecule has 0 fully saturated rings. The van der Waals surface area contributed by atoms with Crippen LogP contribution >= 0.6 is 0 Å². The number of rotatable bonds is 9. The van der Waals surface area contributed by atoms with Crippen LogP contribution in [0.5, 0.6) is 0 Å². The number of hydrogen-bond acceptors (Lipinski definition) is 3. The lowest BCUT2D eigenvalue weighted by atomic mass is 10.1. The van der Waals surface area contributed by atoms with Crippen LogP contribution in [0, 0.1) is 5.92 Å². The molecule has 0 aliphatic heterocycles. The first-order valence-corrected chi connectivity index (χ1v) is 6.41. The highest BCUT2D eigenvalue weighted by Gasteiger charge is 2.24. The van der Waals surface area contributed by atoms with Gasteiger partial charge in [-0.2, -0.15) is 0 Å². The summed E-state index contributed by atoms with van der Waals surface area (Å²) >= 11 is 0. The Bertz CT molecular complexity index is 178. The third-order valence-electron chi connectivity index (χ3n) is 2.38. The Balaban J connectivity index is 3.93. The van der Waals surface area contributed by atoms with E-state index in [1.165, 1.54) is 0 Å². The molecule has 3 nitrogen and oxygen atoms in total. The fourth-order valence-corrected chi connectivity index (χ4v) is 1.29. The van der Waals surface area contributed by atoms with Crippen molar-refractivity contribution in [1.29, 1.82) is 0 Å². The van der Waals surface area contributed by atoms with Gasteiger partial charge in [-0.25, -0.2) is 4.79 Å². The zero-order chi connectivity index (χ0) is 12.4. The van der Waals surface area contributed by atoms with E-state index in [0.29, 0.717) is 13.2 Å². The Kier molecular flexibility index (Phi) is 9.30. The lowest BCUT2D eigenvalue weighted by Crippen LogP contribution is -2.32. The van der Waals surface area contributed by atoms with Gasteiger partial charge in [-0.1, -0.05) is 40.5 Å². The highest BCUT2D eigenvalue weighted by atomic mass is 16.6. The zero-order valence-electron chi connectivity index (χ0n) is 11.1. The van der Waals surface area contributed by atoms with Crippen molar-refractivity contribution in [3.8, 4) is 0 Å². The molecule has 0 N–H and O–H groups in total. The van der Waals surface area contributed by atoms with Crippen LogP contribution in [0.25, 0.3) is 0 Å². The molecule has 0 aromatic carbocycles. The van der Waals surface area contributed by atoms with E-state index in [2.05, 4.69) is 13.8 Å². The van der Waals surface area contributed by atoms with E-state index < -0.39 is 6.10 Å². The van der Waals surface area contributed by atoms with Crippen LogP contribution in [0.1, 0.15) is 53.4 Å². The zero-order valence-corrected chi connectivity index (χ0v) is 11.1. The molecule has 0 aliphatic carbocycles. The first-order valence-electron chi connectivity index (χ1n) is 6.41. The number of carbonyl (C=O) groups excluding carboxylic acids is 1. The van der Waals surface area contributed by atoms with Gasteiger partial charge in [0, 0.05) is 6.61 Å². The van der Waals surface area contributed by atoms with Gasteiger partial charge in [-0.05, 0) is 18.8 Å². The molecule has 0 saturated carbocycles. The molecule has 1 atom stereocenters. The number of ether oxygens (including phenoxy) is 2. The number of esters is 1. The molecule has 16 heavy (non-hydrogen) atoms. The minimum absolute atomic E-state index is 0.172. The summed E-state index contributed by atoms with van der Waals surface area (Å²) in [4.78, 5) is 11.7. The van der Waals surface area contributed by atoms with Gasteiger partial charge in [0.1, 0.15) is 0 Å². The molecule has 0 spiro atoms. The molecular weight excluding hydrogens is 204 g/mol. The molecule has 0 amide bonds. The van der Waals surface area contributed by atoms with Crippen molar-refractivity contribution < 1.29 is 14.3 Å². The summed E-state index contributed by atoms with van der Waals surface area (Å²) in [7, 11) is 0. The smallest absolute Gasteiger partial charge is 0.335 e. The average Bonchev–Trinajstić information content (AvgIpc) is 2.24. The van der Waals surface area contributed by atoms with E-state index >= 15 is 0 Å². The number of carbonyl (C=O) groups is 1. The van der Waals surface area contributed by atoms with Crippen molar-refractivity contribution in [2.75, 3.05) is 13.2 Å². The average molecular weight is 230 g/mol. The quantitative estimate of drug-likeness (QED) is 0.451. The maximum atomic E-state index is 11.7. The molecule has 0 aliphatic rings. The van der Waals surface area contributed by atoms with Crippen LogP contribution in [0.3, 0.4) is 0 Å². The molecule has 0 saturated heterocycles. The Morgan fingerprint density at radius 2 is 1.62 bits per heavy atom. The Morgan fingerprint density at radius 1 is 1.06 bits per heavy atom. The Hall–Kier alpha value is -0.570. The summed E-state index contributed by atoms with van der Waals surface area (Å²) in [5.41, 5.74) is 0. The summed E-state index contributed by atoms with van der Waals surface area (Å²) in [5.74, 6) is -0.0365. The van der Waals surface area contributed by atoms with E-state index in [1.807, 2.05) is 13.8 Å². The van der Waals surface area contributed by atoms with Crippen molar-refractivity contribution in [3.63, 3.8) is 0 Å². The maximum Gasteiger partial charge on any atom is 0.335 e. The molecule has 3 heteroatoms. The predicted octanol–water partition coefficient (Wildman–Crippen LogP) is 3.17. The van der Waals surface area contributed by atoms with Crippen LogP contribution in [-0.4, -0.2) is 25.3 Å². The van der Waals surface area contributed by atoms with Crippen LogP contribution in [-0.2, 0) is 14.3 Å². The lowest BCUT2D eigenvalue weighted by molar-refractivity contribution is -0.160. The minimum Gasteiger partial charge on any atom is -0.464 e. The fourth-order valence-electron chi connectivity index (χ4n) is 1.29. The van der Waals surface area contributed by atoms with Gasteiger partial charge in [0.2, 0.25) is 0 Å². The molecule has 0 aromatic rings. The van der Waals surface area contributed by atoms with E-state index in [9.17, 15) is 4.79 Å². The van der Waals surface area contributed by atoms with Crippen molar-refractivity contribution in [2.45, 2.75) is 59.5 Å². The van der Waals surface area contributed by atoms with Gasteiger partial charge < -0.3 is 9.47 Å². The molecule has 96 valence electrons. The molecule has 0 unspecified atom stereocenters. The molecule has 0 bridgehead atoms. The predicted molar refractivity (Wildman–Crippen MR) is 65.4 cm³/mol. The SMILES string of the molecule is CCCCOC(=O)[C@@H](OCCCC)C(C)C. The van der Waals surface area contributed by atoms with Crippen molar-refractivity contribution in [2.24, 2.45) is 5.92 Å². The standard InChI is InChI=1S/C13H26O3/c1-5-7-9-15-12(11(3)4)13(14)16-10-8-6-2/h11-12H,5-10H2,1-4H3/t12-/m0/s1. The second-order valence-corrected chi connectivity index (χ2v) is 4.41. The normalized spacial score (nSPS) is 12.8. The van der Waals surface area contributed by atoms with E-state index in [0.717, 1.165) is 25.7 Å². The third kappa shape index (κ3) is 6.83. The fraction of sp³-hybridized carbons (Fsp3) is 0.923. The number of unbranched alkanes of at least 4 members (excludes halogenated alkanes) is 2. The largest absolute Gasteiger partial charge is 0.464 e. The highest BCUT2D eigenvalue weighted by Crippen LogP contribution is 2.10. The van der Waals surface area contributed by atoms with Crippen molar-refractivity contribution >= 4 is 5.97 Å². The Morgan fingerprint density at radius 3 is 2.12 bits per heavy atom. The van der Waals surface area contributed by atoms with Gasteiger partial charge in [0.05, 0.1) is 6.61 Å². The lowest BCUT2D eigenvalue weighted by Gasteiger charge is -2.19. The van der Waals surface area contributed by atoms with Crippen molar-refractivity contribution in [3.05, 3.63) is 0 Å². The monoisotopic (exact) mass is 230 g/mol. The van der Waals surface area contributed by atoms with Gasteiger partial charge in [-0.3, -0.25) is 0 Å². The summed E-state index contributed by atoms with van der Waals surface area (Å²) in [6.07, 6.45) is 3.63. The van der Waals surface area contributed by atoms with E-state index in [-0.39, 0.29) is 11.9 Å². The molecule has 0 radical (unpaired) electrons. The topological polar surface area (TPSA) is 35.5 Å². The molecule has 0 aromatic heterocycles. The maximum absolute atomic E-state index is 11.7.